The van der Waals surface area contributed by atoms with Crippen molar-refractivity contribution in [1.29, 1.82) is 0 Å². The zero-order chi connectivity index (χ0) is 31.2. The molecule has 6 nitrogen and oxygen atoms in total. The second kappa shape index (κ2) is 14.2. The third-order valence-corrected chi connectivity index (χ3v) is 8.04. The number of carbonyl (C=O) groups is 2. The lowest BCUT2D eigenvalue weighted by Crippen LogP contribution is -2.52. The molecule has 0 saturated heterocycles. The second-order valence-corrected chi connectivity index (χ2v) is 12.0. The van der Waals surface area contributed by atoms with Crippen molar-refractivity contribution in [2.24, 2.45) is 17.1 Å². The standard InChI is InChI=1S/C34H45F2N3O3/c1-7-24-9-8-10-25(12-24)19-38-20-31(40)30(15-26-13-28(35)16-29(36)14-26)34(33(37)42)17-23(6)11-27(18-34)32(41)39(21(2)3)22(4)5/h8-14,16-17,21-22,30-31,38,40H,7,15,18-20H2,1-6H3,(H2,37,42)/t30-,31+,34?/m1/s1. The normalized spacial score (nSPS) is 18.5. The zero-order valence-electron chi connectivity index (χ0n) is 25.6. The highest BCUT2D eigenvalue weighted by molar-refractivity contribution is 5.97. The minimum Gasteiger partial charge on any atom is -0.391 e. The number of primary amides is 1. The number of carbonyl (C=O) groups excluding carboxylic acids is 2. The number of aliphatic hydroxyl groups is 1. The van der Waals surface area contributed by atoms with Gasteiger partial charge < -0.3 is 21.1 Å². The number of aliphatic hydroxyl groups excluding tert-OH is 1. The number of nitrogens with two attached hydrogens (primary N) is 1. The molecule has 1 unspecified atom stereocenters. The Kier molecular flexibility index (Phi) is 11.2. The van der Waals surface area contributed by atoms with Gasteiger partial charge in [-0.05, 0) is 82.7 Å². The van der Waals surface area contributed by atoms with Crippen molar-refractivity contribution in [3.8, 4) is 0 Å². The van der Waals surface area contributed by atoms with Gasteiger partial charge in [-0.2, -0.15) is 0 Å². The molecule has 0 radical (unpaired) electrons. The number of hydrogen-bond donors (Lipinski definition) is 3. The molecule has 2 aromatic rings. The van der Waals surface area contributed by atoms with E-state index >= 15 is 0 Å². The molecular weight excluding hydrogens is 536 g/mol. The maximum Gasteiger partial charge on any atom is 0.250 e. The summed E-state index contributed by atoms with van der Waals surface area (Å²) in [5.41, 5.74) is 8.21. The second-order valence-electron chi connectivity index (χ2n) is 12.0. The first-order valence-electron chi connectivity index (χ1n) is 14.7. The fourth-order valence-corrected chi connectivity index (χ4v) is 6.20. The van der Waals surface area contributed by atoms with Crippen molar-refractivity contribution in [2.45, 2.75) is 85.5 Å². The number of benzene rings is 2. The molecule has 8 heteroatoms. The average molecular weight is 582 g/mol. The summed E-state index contributed by atoms with van der Waals surface area (Å²) in [5.74, 6) is -3.31. The van der Waals surface area contributed by atoms with Crippen LogP contribution in [0.5, 0.6) is 0 Å². The molecule has 0 fully saturated rings. The van der Waals surface area contributed by atoms with Gasteiger partial charge in [-0.15, -0.1) is 0 Å². The van der Waals surface area contributed by atoms with Crippen LogP contribution in [0.25, 0.3) is 0 Å². The molecule has 0 aromatic heterocycles. The van der Waals surface area contributed by atoms with Gasteiger partial charge >= 0.3 is 0 Å². The van der Waals surface area contributed by atoms with Crippen LogP contribution < -0.4 is 11.1 Å². The van der Waals surface area contributed by atoms with E-state index < -0.39 is 35.0 Å². The lowest BCUT2D eigenvalue weighted by Gasteiger charge is -2.42. The molecule has 0 heterocycles. The van der Waals surface area contributed by atoms with Crippen LogP contribution in [-0.2, 0) is 29.0 Å². The van der Waals surface area contributed by atoms with E-state index in [0.717, 1.165) is 18.1 Å². The molecule has 4 N–H and O–H groups in total. The first-order chi connectivity index (χ1) is 19.8. The van der Waals surface area contributed by atoms with Gasteiger partial charge in [-0.3, -0.25) is 9.59 Å². The summed E-state index contributed by atoms with van der Waals surface area (Å²) in [6.45, 7) is 12.1. The summed E-state index contributed by atoms with van der Waals surface area (Å²) in [6.07, 6.45) is 3.15. The summed E-state index contributed by atoms with van der Waals surface area (Å²) < 4.78 is 28.4. The molecule has 0 bridgehead atoms. The Balaban J connectivity index is 2.00. The molecule has 2 amide bonds. The maximum atomic E-state index is 14.2. The molecule has 42 heavy (non-hydrogen) atoms. The van der Waals surface area contributed by atoms with Crippen molar-refractivity contribution >= 4 is 11.8 Å². The molecule has 2 aromatic carbocycles. The van der Waals surface area contributed by atoms with Crippen molar-refractivity contribution in [3.63, 3.8) is 0 Å². The number of nitrogens with one attached hydrogen (secondary N) is 1. The van der Waals surface area contributed by atoms with Gasteiger partial charge in [0, 0.05) is 42.7 Å². The first-order valence-corrected chi connectivity index (χ1v) is 14.7. The summed E-state index contributed by atoms with van der Waals surface area (Å²) in [7, 11) is 0. The van der Waals surface area contributed by atoms with E-state index in [-0.39, 0.29) is 42.9 Å². The molecule has 3 atom stereocenters. The highest BCUT2D eigenvalue weighted by Gasteiger charge is 2.48. The molecule has 3 rings (SSSR count). The highest BCUT2D eigenvalue weighted by Crippen LogP contribution is 2.44. The predicted molar refractivity (Wildman–Crippen MR) is 162 cm³/mol. The minimum atomic E-state index is -1.48. The van der Waals surface area contributed by atoms with E-state index in [1.165, 1.54) is 17.7 Å². The fourth-order valence-electron chi connectivity index (χ4n) is 6.20. The zero-order valence-corrected chi connectivity index (χ0v) is 25.6. The predicted octanol–water partition coefficient (Wildman–Crippen LogP) is 5.23. The Morgan fingerprint density at radius 1 is 1.02 bits per heavy atom. The van der Waals surface area contributed by atoms with E-state index in [1.54, 1.807) is 24.0 Å². The van der Waals surface area contributed by atoms with Crippen molar-refractivity contribution in [1.82, 2.24) is 10.2 Å². The van der Waals surface area contributed by atoms with Crippen LogP contribution in [0.2, 0.25) is 0 Å². The monoisotopic (exact) mass is 581 g/mol. The van der Waals surface area contributed by atoms with E-state index in [0.29, 0.717) is 17.7 Å². The van der Waals surface area contributed by atoms with Crippen LogP contribution in [0, 0.1) is 23.0 Å². The van der Waals surface area contributed by atoms with Gasteiger partial charge in [0.15, 0.2) is 0 Å². The maximum absolute atomic E-state index is 14.2. The Bertz CT molecular complexity index is 1310. The first kappa shape index (κ1) is 33.1. The molecular formula is C34H45F2N3O3. The SMILES string of the molecule is CCc1cccc(CNC[C@H](O)[C@@H](Cc2cc(F)cc(F)c2)C2(C(N)=O)C=C(C)C=C(C(=O)N(C(C)C)C(C)C)C2)c1. The Morgan fingerprint density at radius 3 is 2.21 bits per heavy atom. The minimum absolute atomic E-state index is 0.0326. The fraction of sp³-hybridized carbons (Fsp3) is 0.471. The van der Waals surface area contributed by atoms with Crippen LogP contribution in [0.4, 0.5) is 8.78 Å². The number of aryl methyl sites for hydroxylation is 1. The van der Waals surface area contributed by atoms with Crippen LogP contribution in [-0.4, -0.2) is 46.6 Å². The quantitative estimate of drug-likeness (QED) is 0.302. The molecule has 1 aliphatic rings. The number of nitrogens with zero attached hydrogens (tertiary/aromatic N) is 1. The summed E-state index contributed by atoms with van der Waals surface area (Å²) in [5, 5.41) is 14.9. The van der Waals surface area contributed by atoms with Crippen LogP contribution >= 0.6 is 0 Å². The third-order valence-electron chi connectivity index (χ3n) is 8.04. The summed E-state index contributed by atoms with van der Waals surface area (Å²) in [6, 6.07) is 11.1. The van der Waals surface area contributed by atoms with E-state index in [4.69, 9.17) is 5.73 Å². The Hall–Kier alpha value is -3.36. The van der Waals surface area contributed by atoms with Crippen molar-refractivity contribution in [2.75, 3.05) is 6.54 Å². The van der Waals surface area contributed by atoms with Gasteiger partial charge in [0.05, 0.1) is 11.5 Å². The van der Waals surface area contributed by atoms with E-state index in [1.807, 2.05) is 45.9 Å². The van der Waals surface area contributed by atoms with Crippen LogP contribution in [0.15, 0.2) is 65.8 Å². The average Bonchev–Trinajstić information content (AvgIpc) is 2.90. The van der Waals surface area contributed by atoms with Crippen molar-refractivity contribution in [3.05, 3.63) is 94.1 Å². The lowest BCUT2D eigenvalue weighted by atomic mass is 9.63. The van der Waals surface area contributed by atoms with Crippen LogP contribution in [0.3, 0.4) is 0 Å². The lowest BCUT2D eigenvalue weighted by molar-refractivity contribution is -0.133. The number of amides is 2. The molecule has 0 aliphatic heterocycles. The van der Waals surface area contributed by atoms with E-state index in [9.17, 15) is 23.5 Å². The smallest absolute Gasteiger partial charge is 0.250 e. The Morgan fingerprint density at radius 2 is 1.64 bits per heavy atom. The molecule has 1 aliphatic carbocycles. The summed E-state index contributed by atoms with van der Waals surface area (Å²) >= 11 is 0. The topological polar surface area (TPSA) is 95.7 Å². The third kappa shape index (κ3) is 7.92. The molecule has 0 saturated carbocycles. The van der Waals surface area contributed by atoms with Gasteiger partial charge in [-0.25, -0.2) is 8.78 Å². The Labute approximate surface area is 248 Å². The van der Waals surface area contributed by atoms with Gasteiger partial charge in [-0.1, -0.05) is 48.9 Å². The molecule has 228 valence electrons. The molecule has 0 spiro atoms. The summed E-state index contributed by atoms with van der Waals surface area (Å²) in [4.78, 5) is 28.9. The largest absolute Gasteiger partial charge is 0.391 e. The highest BCUT2D eigenvalue weighted by atomic mass is 19.1. The van der Waals surface area contributed by atoms with Gasteiger partial charge in [0.2, 0.25) is 11.8 Å². The van der Waals surface area contributed by atoms with E-state index in [2.05, 4.69) is 18.3 Å². The number of allylic oxidation sites excluding steroid dienone is 2. The number of hydrogen-bond acceptors (Lipinski definition) is 4. The van der Waals surface area contributed by atoms with Crippen molar-refractivity contribution < 1.29 is 23.5 Å². The number of rotatable bonds is 13. The van der Waals surface area contributed by atoms with Gasteiger partial charge in [0.25, 0.3) is 0 Å². The number of halogens is 2. The van der Waals surface area contributed by atoms with Gasteiger partial charge in [0.1, 0.15) is 11.6 Å². The van der Waals surface area contributed by atoms with Crippen LogP contribution in [0.1, 0.15) is 64.7 Å².